The van der Waals surface area contributed by atoms with Gasteiger partial charge in [0.25, 0.3) is 0 Å². The van der Waals surface area contributed by atoms with Gasteiger partial charge in [-0.05, 0) is 48.9 Å². The minimum Gasteiger partial charge on any atom is -0.360 e. The second-order valence-electron chi connectivity index (χ2n) is 6.62. The molecule has 27 heavy (non-hydrogen) atoms. The lowest BCUT2D eigenvalue weighted by Crippen LogP contribution is -1.97. The molecule has 132 valence electrons. The van der Waals surface area contributed by atoms with Gasteiger partial charge in [0.1, 0.15) is 23.0 Å². The first-order valence-corrected chi connectivity index (χ1v) is 8.77. The first-order chi connectivity index (χ1) is 13.2. The number of aromatic nitrogens is 3. The zero-order valence-electron chi connectivity index (χ0n) is 14.7. The number of nitrogens with one attached hydrogen (secondary N) is 2. The minimum atomic E-state index is -0.258. The maximum absolute atomic E-state index is 13.3. The van der Waals surface area contributed by atoms with E-state index in [-0.39, 0.29) is 5.82 Å². The van der Waals surface area contributed by atoms with E-state index < -0.39 is 0 Å². The molecule has 2 aromatic carbocycles. The van der Waals surface area contributed by atoms with Crippen LogP contribution in [-0.4, -0.2) is 14.4 Å². The van der Waals surface area contributed by atoms with Crippen molar-refractivity contribution in [3.63, 3.8) is 0 Å². The van der Waals surface area contributed by atoms with Crippen LogP contribution in [0.4, 0.5) is 15.9 Å². The Kier molecular flexibility index (Phi) is 3.47. The zero-order valence-corrected chi connectivity index (χ0v) is 14.7. The number of anilines is 2. The summed E-state index contributed by atoms with van der Waals surface area (Å²) in [7, 11) is 0. The van der Waals surface area contributed by atoms with E-state index in [9.17, 15) is 4.39 Å². The SMILES string of the molecule is Cc1ccc2nc(-c3c[nH]c4ccccc34)c(Nc3ccc(F)cc3)n2c1. The van der Waals surface area contributed by atoms with Crippen LogP contribution >= 0.6 is 0 Å². The Morgan fingerprint density at radius 1 is 1.00 bits per heavy atom. The first kappa shape index (κ1) is 15.6. The molecule has 0 atom stereocenters. The van der Waals surface area contributed by atoms with E-state index >= 15 is 0 Å². The van der Waals surface area contributed by atoms with E-state index in [0.717, 1.165) is 44.9 Å². The Morgan fingerprint density at radius 3 is 2.67 bits per heavy atom. The van der Waals surface area contributed by atoms with Gasteiger partial charge in [-0.2, -0.15) is 0 Å². The molecule has 5 aromatic rings. The number of para-hydroxylation sites is 1. The molecule has 5 rings (SSSR count). The lowest BCUT2D eigenvalue weighted by molar-refractivity contribution is 0.628. The highest BCUT2D eigenvalue weighted by Gasteiger charge is 2.17. The van der Waals surface area contributed by atoms with Crippen LogP contribution in [0.15, 0.2) is 73.1 Å². The lowest BCUT2D eigenvalue weighted by Gasteiger charge is -2.09. The number of H-pyrrole nitrogens is 1. The summed E-state index contributed by atoms with van der Waals surface area (Å²) in [6.07, 6.45) is 4.03. The van der Waals surface area contributed by atoms with Crippen molar-refractivity contribution in [3.8, 4) is 11.3 Å². The van der Waals surface area contributed by atoms with E-state index in [0.29, 0.717) is 0 Å². The number of hydrogen-bond acceptors (Lipinski definition) is 2. The smallest absolute Gasteiger partial charge is 0.143 e. The summed E-state index contributed by atoms with van der Waals surface area (Å²) in [6, 6.07) is 18.5. The van der Waals surface area contributed by atoms with E-state index in [2.05, 4.69) is 16.4 Å². The summed E-state index contributed by atoms with van der Waals surface area (Å²) < 4.78 is 15.3. The summed E-state index contributed by atoms with van der Waals surface area (Å²) in [5, 5.41) is 4.53. The van der Waals surface area contributed by atoms with Crippen LogP contribution in [0, 0.1) is 12.7 Å². The van der Waals surface area contributed by atoms with Crippen LogP contribution in [-0.2, 0) is 0 Å². The van der Waals surface area contributed by atoms with Crippen molar-refractivity contribution in [3.05, 3.63) is 84.4 Å². The van der Waals surface area contributed by atoms with E-state index in [4.69, 9.17) is 4.98 Å². The molecule has 0 saturated carbocycles. The Hall–Kier alpha value is -3.60. The maximum atomic E-state index is 13.3. The number of benzene rings is 2. The van der Waals surface area contributed by atoms with E-state index in [1.54, 1.807) is 12.1 Å². The number of aromatic amines is 1. The van der Waals surface area contributed by atoms with Crippen LogP contribution in [0.5, 0.6) is 0 Å². The highest BCUT2D eigenvalue weighted by Crippen LogP contribution is 2.35. The molecular weight excluding hydrogens is 339 g/mol. The molecule has 5 heteroatoms. The lowest BCUT2D eigenvalue weighted by atomic mass is 10.1. The third-order valence-electron chi connectivity index (χ3n) is 4.72. The molecule has 0 bridgehead atoms. The highest BCUT2D eigenvalue weighted by atomic mass is 19.1. The third-order valence-corrected chi connectivity index (χ3v) is 4.72. The molecular formula is C22H17FN4. The van der Waals surface area contributed by atoms with Gasteiger partial charge in [0.05, 0.1) is 0 Å². The summed E-state index contributed by atoms with van der Waals surface area (Å²) in [4.78, 5) is 8.18. The standard InChI is InChI=1S/C22H17FN4/c1-14-6-11-20-26-21(18-12-24-19-5-3-2-4-17(18)19)22(27(20)13-14)25-16-9-7-15(23)8-10-16/h2-13,24-25H,1H3. The third kappa shape index (κ3) is 2.64. The van der Waals surface area contributed by atoms with Gasteiger partial charge in [-0.25, -0.2) is 9.37 Å². The van der Waals surface area contributed by atoms with Crippen molar-refractivity contribution in [1.29, 1.82) is 0 Å². The molecule has 0 saturated heterocycles. The Labute approximate surface area is 155 Å². The number of imidazole rings is 1. The second-order valence-corrected chi connectivity index (χ2v) is 6.62. The monoisotopic (exact) mass is 356 g/mol. The summed E-state index contributed by atoms with van der Waals surface area (Å²) >= 11 is 0. The number of nitrogens with zero attached hydrogens (tertiary/aromatic N) is 2. The molecule has 0 aliphatic carbocycles. The Morgan fingerprint density at radius 2 is 1.81 bits per heavy atom. The summed E-state index contributed by atoms with van der Waals surface area (Å²) in [5.41, 5.74) is 5.73. The van der Waals surface area contributed by atoms with Crippen molar-refractivity contribution in [2.45, 2.75) is 6.92 Å². The topological polar surface area (TPSA) is 45.1 Å². The number of rotatable bonds is 3. The molecule has 0 aliphatic heterocycles. The van der Waals surface area contributed by atoms with Crippen molar-refractivity contribution >= 4 is 28.1 Å². The molecule has 2 N–H and O–H groups in total. The second kappa shape index (κ2) is 5.99. The molecule has 0 spiro atoms. The molecule has 0 amide bonds. The van der Waals surface area contributed by atoms with Gasteiger partial charge in [0.2, 0.25) is 0 Å². The molecule has 3 aromatic heterocycles. The van der Waals surface area contributed by atoms with Gasteiger partial charge in [0, 0.05) is 34.5 Å². The molecule has 0 radical (unpaired) electrons. The summed E-state index contributed by atoms with van der Waals surface area (Å²) in [5.74, 6) is 0.594. The van der Waals surface area contributed by atoms with Gasteiger partial charge >= 0.3 is 0 Å². The number of halogens is 1. The highest BCUT2D eigenvalue weighted by molar-refractivity contribution is 5.98. The van der Waals surface area contributed by atoms with Gasteiger partial charge in [-0.1, -0.05) is 24.3 Å². The van der Waals surface area contributed by atoms with Crippen molar-refractivity contribution in [1.82, 2.24) is 14.4 Å². The van der Waals surface area contributed by atoms with E-state index in [1.807, 2.05) is 54.0 Å². The molecule has 4 nitrogen and oxygen atoms in total. The fourth-order valence-corrected chi connectivity index (χ4v) is 3.40. The Balaban J connectivity index is 1.75. The fourth-order valence-electron chi connectivity index (χ4n) is 3.40. The minimum absolute atomic E-state index is 0.258. The van der Waals surface area contributed by atoms with Gasteiger partial charge in [-0.15, -0.1) is 0 Å². The van der Waals surface area contributed by atoms with Crippen LogP contribution in [0.25, 0.3) is 27.8 Å². The van der Waals surface area contributed by atoms with Crippen LogP contribution in [0.1, 0.15) is 5.56 Å². The maximum Gasteiger partial charge on any atom is 0.143 e. The average Bonchev–Trinajstić information content (AvgIpc) is 3.25. The van der Waals surface area contributed by atoms with Gasteiger partial charge in [-0.3, -0.25) is 4.40 Å². The van der Waals surface area contributed by atoms with Crippen molar-refractivity contribution in [2.24, 2.45) is 0 Å². The molecule has 0 aliphatic rings. The Bertz CT molecular complexity index is 1260. The number of hydrogen-bond donors (Lipinski definition) is 2. The number of fused-ring (bicyclic) bond motifs is 2. The zero-order chi connectivity index (χ0) is 18.4. The van der Waals surface area contributed by atoms with Gasteiger partial charge in [0.15, 0.2) is 0 Å². The van der Waals surface area contributed by atoms with Crippen molar-refractivity contribution in [2.75, 3.05) is 5.32 Å². The van der Waals surface area contributed by atoms with Crippen LogP contribution in [0.3, 0.4) is 0 Å². The van der Waals surface area contributed by atoms with Crippen LogP contribution < -0.4 is 5.32 Å². The first-order valence-electron chi connectivity index (χ1n) is 8.77. The summed E-state index contributed by atoms with van der Waals surface area (Å²) in [6.45, 7) is 2.05. The number of aryl methyl sites for hydroxylation is 1. The molecule has 0 unspecified atom stereocenters. The molecule has 0 fully saturated rings. The normalized spacial score (nSPS) is 11.3. The largest absolute Gasteiger partial charge is 0.360 e. The fraction of sp³-hybridized carbons (Fsp3) is 0.0455. The predicted octanol–water partition coefficient (Wildman–Crippen LogP) is 5.67. The van der Waals surface area contributed by atoms with Crippen LogP contribution in [0.2, 0.25) is 0 Å². The number of pyridine rings is 1. The average molecular weight is 356 g/mol. The van der Waals surface area contributed by atoms with Gasteiger partial charge < -0.3 is 10.3 Å². The predicted molar refractivity (Wildman–Crippen MR) is 107 cm³/mol. The quantitative estimate of drug-likeness (QED) is 0.437. The molecule has 3 heterocycles. The van der Waals surface area contributed by atoms with Crippen molar-refractivity contribution < 1.29 is 4.39 Å². The van der Waals surface area contributed by atoms with E-state index in [1.165, 1.54) is 12.1 Å².